The molecule has 0 unspecified atom stereocenters. The molecule has 11 rings (SSSR count). The Hall–Kier alpha value is -6.98. The summed E-state index contributed by atoms with van der Waals surface area (Å²) >= 11 is 0. The largest absolute Gasteiger partial charge is 0.456 e. The van der Waals surface area contributed by atoms with Crippen LogP contribution in [0.25, 0.3) is 105 Å². The van der Waals surface area contributed by atoms with Gasteiger partial charge in [0.2, 0.25) is 0 Å². The molecule has 11 aromatic rings. The Morgan fingerprint density at radius 1 is 0.392 bits per heavy atom. The van der Waals surface area contributed by atoms with Gasteiger partial charge >= 0.3 is 0 Å². The highest BCUT2D eigenvalue weighted by molar-refractivity contribution is 6.13. The third-order valence-corrected chi connectivity index (χ3v) is 10.0. The lowest BCUT2D eigenvalue weighted by Gasteiger charge is -2.15. The molecule has 0 aliphatic rings. The maximum atomic E-state index is 6.32. The van der Waals surface area contributed by atoms with Gasteiger partial charge in [-0.2, -0.15) is 0 Å². The maximum absolute atomic E-state index is 6.32. The summed E-state index contributed by atoms with van der Waals surface area (Å²) < 4.78 is 14.8. The van der Waals surface area contributed by atoms with Crippen molar-refractivity contribution in [1.29, 1.82) is 0 Å². The van der Waals surface area contributed by atoms with Gasteiger partial charge in [0.15, 0.2) is 5.82 Å². The highest BCUT2D eigenvalue weighted by Gasteiger charge is 2.20. The van der Waals surface area contributed by atoms with E-state index in [0.717, 1.165) is 88.7 Å². The van der Waals surface area contributed by atoms with Crippen LogP contribution in [0, 0.1) is 0 Å². The Labute approximate surface area is 291 Å². The molecule has 0 N–H and O–H groups in total. The minimum Gasteiger partial charge on any atom is -0.456 e. The first kappa shape index (κ1) is 27.9. The first-order valence-electron chi connectivity index (χ1n) is 17.1. The molecule has 4 heterocycles. The molecule has 7 aromatic carbocycles. The number of hydrogen-bond acceptors (Lipinski definition) is 4. The molecule has 51 heavy (non-hydrogen) atoms. The van der Waals surface area contributed by atoms with Crippen LogP contribution in [0.15, 0.2) is 173 Å². The van der Waals surface area contributed by atoms with E-state index in [1.807, 2.05) is 48.5 Å². The number of furan rings is 2. The fraction of sp³-hybridized carbons (Fsp3) is 0. The van der Waals surface area contributed by atoms with Crippen molar-refractivity contribution in [2.24, 2.45) is 0 Å². The molecule has 0 spiro atoms. The summed E-state index contributed by atoms with van der Waals surface area (Å²) in [6.07, 6.45) is 0. The van der Waals surface area contributed by atoms with E-state index in [2.05, 4.69) is 120 Å². The molecule has 0 aliphatic carbocycles. The highest BCUT2D eigenvalue weighted by Crippen LogP contribution is 2.40. The Morgan fingerprint density at radius 2 is 0.961 bits per heavy atom. The zero-order chi connectivity index (χ0) is 33.5. The summed E-state index contributed by atoms with van der Waals surface area (Å²) in [6.45, 7) is 0. The van der Waals surface area contributed by atoms with Crippen molar-refractivity contribution in [2.45, 2.75) is 0 Å². The number of fused-ring (bicyclic) bond motifs is 9. The smallest absolute Gasteiger partial charge is 0.162 e. The van der Waals surface area contributed by atoms with Crippen molar-refractivity contribution in [3.63, 3.8) is 0 Å². The maximum Gasteiger partial charge on any atom is 0.162 e. The van der Waals surface area contributed by atoms with E-state index in [9.17, 15) is 0 Å². The highest BCUT2D eigenvalue weighted by atomic mass is 16.3. The Kier molecular flexibility index (Phi) is 5.89. The van der Waals surface area contributed by atoms with Crippen LogP contribution >= 0.6 is 0 Å². The van der Waals surface area contributed by atoms with Gasteiger partial charge in [-0.1, -0.05) is 97.1 Å². The fourth-order valence-electron chi connectivity index (χ4n) is 7.77. The van der Waals surface area contributed by atoms with Crippen LogP contribution in [0.3, 0.4) is 0 Å². The van der Waals surface area contributed by atoms with Gasteiger partial charge in [-0.05, 0) is 66.7 Å². The van der Waals surface area contributed by atoms with Crippen LogP contribution in [0.1, 0.15) is 0 Å². The molecule has 5 nitrogen and oxygen atoms in total. The second-order valence-electron chi connectivity index (χ2n) is 12.9. The predicted octanol–water partition coefficient (Wildman–Crippen LogP) is 12.4. The van der Waals surface area contributed by atoms with E-state index in [1.165, 1.54) is 10.8 Å². The van der Waals surface area contributed by atoms with E-state index < -0.39 is 0 Å². The normalized spacial score (nSPS) is 11.9. The predicted molar refractivity (Wildman–Crippen MR) is 207 cm³/mol. The zero-order valence-electron chi connectivity index (χ0n) is 27.2. The Morgan fingerprint density at radius 3 is 1.76 bits per heavy atom. The summed E-state index contributed by atoms with van der Waals surface area (Å²) in [5.74, 6) is 0.641. The number of aromatic nitrogens is 3. The molecule has 0 amide bonds. The zero-order valence-corrected chi connectivity index (χ0v) is 27.2. The van der Waals surface area contributed by atoms with Crippen molar-refractivity contribution >= 4 is 65.7 Å². The van der Waals surface area contributed by atoms with Crippen molar-refractivity contribution in [2.75, 3.05) is 0 Å². The molecule has 0 fully saturated rings. The lowest BCUT2D eigenvalue weighted by atomic mass is 10.0. The second kappa shape index (κ2) is 10.8. The van der Waals surface area contributed by atoms with E-state index >= 15 is 0 Å². The van der Waals surface area contributed by atoms with Crippen LogP contribution in [0.4, 0.5) is 0 Å². The molecule has 0 bridgehead atoms. The molecule has 0 saturated heterocycles. The van der Waals surface area contributed by atoms with Crippen molar-refractivity contribution in [3.05, 3.63) is 164 Å². The lowest BCUT2D eigenvalue weighted by molar-refractivity contribution is 0.668. The van der Waals surface area contributed by atoms with Crippen molar-refractivity contribution in [3.8, 4) is 39.6 Å². The summed E-state index contributed by atoms with van der Waals surface area (Å²) in [5, 5.41) is 6.64. The molecule has 5 heteroatoms. The minimum absolute atomic E-state index is 0.641. The molecule has 4 aromatic heterocycles. The number of benzene rings is 7. The van der Waals surface area contributed by atoms with E-state index in [-0.39, 0.29) is 0 Å². The number of rotatable bonds is 4. The molecule has 0 saturated carbocycles. The molecular formula is C46H27N3O2. The van der Waals surface area contributed by atoms with E-state index in [1.54, 1.807) is 0 Å². The standard InChI is InChI=1S/C46H27N3O2/c1-6-18-38-29(12-1)30-13-2-7-19-39(30)49(38)40-20-8-3-15-33(40)46-47-36(28-24-25-43-35(26-28)31-14-4-9-21-41(31)50-43)27-37(48-46)32-17-11-23-44-45(32)34-16-5-10-22-42(34)51-44/h1-27H. The summed E-state index contributed by atoms with van der Waals surface area (Å²) in [6, 6.07) is 56.6. The number of para-hydroxylation sites is 5. The number of nitrogens with zero attached hydrogens (tertiary/aromatic N) is 3. The van der Waals surface area contributed by atoms with Crippen LogP contribution in [-0.4, -0.2) is 14.5 Å². The number of hydrogen-bond donors (Lipinski definition) is 0. The van der Waals surface area contributed by atoms with Gasteiger partial charge in [-0.3, -0.25) is 0 Å². The topological polar surface area (TPSA) is 57.0 Å². The summed E-state index contributed by atoms with van der Waals surface area (Å²) in [5.41, 5.74) is 11.2. The summed E-state index contributed by atoms with van der Waals surface area (Å²) in [4.78, 5) is 10.7. The molecular weight excluding hydrogens is 627 g/mol. The molecule has 0 atom stereocenters. The van der Waals surface area contributed by atoms with Crippen molar-refractivity contribution < 1.29 is 8.83 Å². The SMILES string of the molecule is c1ccc(-n2c3ccccc3c3ccccc32)c(-c2nc(-c3ccc4oc5ccccc5c4c3)cc(-c3cccc4oc5ccccc5c34)n2)c1. The Bertz CT molecular complexity index is 3110. The van der Waals surface area contributed by atoms with Crippen LogP contribution in [-0.2, 0) is 0 Å². The Balaban J connectivity index is 1.21. The average molecular weight is 654 g/mol. The third-order valence-electron chi connectivity index (χ3n) is 10.0. The lowest BCUT2D eigenvalue weighted by Crippen LogP contribution is -2.01. The third kappa shape index (κ3) is 4.22. The van der Waals surface area contributed by atoms with Gasteiger partial charge in [0.25, 0.3) is 0 Å². The first-order valence-corrected chi connectivity index (χ1v) is 17.1. The van der Waals surface area contributed by atoms with Gasteiger partial charge in [0.1, 0.15) is 22.3 Å². The summed E-state index contributed by atoms with van der Waals surface area (Å²) in [7, 11) is 0. The molecule has 0 aliphatic heterocycles. The molecule has 238 valence electrons. The first-order chi connectivity index (χ1) is 25.3. The second-order valence-corrected chi connectivity index (χ2v) is 12.9. The quantitative estimate of drug-likeness (QED) is 0.190. The van der Waals surface area contributed by atoms with Crippen LogP contribution < -0.4 is 0 Å². The van der Waals surface area contributed by atoms with E-state index in [4.69, 9.17) is 18.8 Å². The fourth-order valence-corrected chi connectivity index (χ4v) is 7.77. The van der Waals surface area contributed by atoms with Crippen molar-refractivity contribution in [1.82, 2.24) is 14.5 Å². The molecule has 0 radical (unpaired) electrons. The van der Waals surface area contributed by atoms with Crippen LogP contribution in [0.5, 0.6) is 0 Å². The van der Waals surface area contributed by atoms with Gasteiger partial charge in [-0.15, -0.1) is 0 Å². The monoisotopic (exact) mass is 653 g/mol. The van der Waals surface area contributed by atoms with Gasteiger partial charge in [0.05, 0.1) is 28.1 Å². The van der Waals surface area contributed by atoms with E-state index in [0.29, 0.717) is 5.82 Å². The minimum atomic E-state index is 0.641. The van der Waals surface area contributed by atoms with Gasteiger partial charge in [-0.25, -0.2) is 9.97 Å². The van der Waals surface area contributed by atoms with Gasteiger partial charge in [0, 0.05) is 49.0 Å². The average Bonchev–Trinajstić information content (AvgIpc) is 3.87. The van der Waals surface area contributed by atoms with Crippen LogP contribution in [0.2, 0.25) is 0 Å². The van der Waals surface area contributed by atoms with Gasteiger partial charge < -0.3 is 13.4 Å².